The highest BCUT2D eigenvalue weighted by Gasteiger charge is 2.16. The first-order valence-electron chi connectivity index (χ1n) is 6.37. The van der Waals surface area contributed by atoms with Gasteiger partial charge in [-0.05, 0) is 46.7 Å². The molecule has 0 spiro atoms. The van der Waals surface area contributed by atoms with Crippen LogP contribution >= 0.6 is 11.3 Å². The summed E-state index contributed by atoms with van der Waals surface area (Å²) < 4.78 is 0. The first-order chi connectivity index (χ1) is 10.1. The van der Waals surface area contributed by atoms with Crippen LogP contribution in [0.2, 0.25) is 0 Å². The molecule has 1 heterocycles. The van der Waals surface area contributed by atoms with Gasteiger partial charge in [-0.2, -0.15) is 11.3 Å². The molecule has 0 saturated heterocycles. The van der Waals surface area contributed by atoms with Crippen molar-refractivity contribution in [3.8, 4) is 0 Å². The lowest BCUT2D eigenvalue weighted by Crippen LogP contribution is -2.34. The molecule has 2 rings (SSSR count). The average molecular weight is 305 g/mol. The number of aromatic carboxylic acids is 1. The fourth-order valence-electron chi connectivity index (χ4n) is 1.95. The van der Waals surface area contributed by atoms with E-state index in [1.54, 1.807) is 12.1 Å². The highest BCUT2D eigenvalue weighted by Crippen LogP contribution is 2.17. The summed E-state index contributed by atoms with van der Waals surface area (Å²) >= 11 is 1.52. The number of aliphatic hydroxyl groups is 1. The maximum absolute atomic E-state index is 12.3. The molecular formula is C15H15NO4S. The van der Waals surface area contributed by atoms with Crippen LogP contribution in [0.25, 0.3) is 0 Å². The summed E-state index contributed by atoms with van der Waals surface area (Å²) in [6, 6.07) is 7.92. The molecule has 0 aliphatic rings. The third kappa shape index (κ3) is 3.90. The van der Waals surface area contributed by atoms with E-state index >= 15 is 0 Å². The van der Waals surface area contributed by atoms with E-state index in [4.69, 9.17) is 10.2 Å². The molecule has 5 nitrogen and oxygen atoms in total. The van der Waals surface area contributed by atoms with E-state index in [1.807, 2.05) is 16.8 Å². The molecule has 0 fully saturated rings. The van der Waals surface area contributed by atoms with Crippen LogP contribution in [-0.2, 0) is 11.2 Å². The Morgan fingerprint density at radius 1 is 1.14 bits per heavy atom. The number of amides is 1. The molecule has 0 aliphatic heterocycles. The van der Waals surface area contributed by atoms with Gasteiger partial charge in [0.1, 0.15) is 0 Å². The highest BCUT2D eigenvalue weighted by atomic mass is 32.1. The number of benzene rings is 1. The molecule has 0 aliphatic carbocycles. The van der Waals surface area contributed by atoms with Crippen LogP contribution in [-0.4, -0.2) is 35.2 Å². The van der Waals surface area contributed by atoms with E-state index in [0.717, 1.165) is 5.56 Å². The summed E-state index contributed by atoms with van der Waals surface area (Å²) in [6.45, 7) is 0.0193. The van der Waals surface area contributed by atoms with E-state index in [2.05, 4.69) is 0 Å². The number of rotatable bonds is 6. The van der Waals surface area contributed by atoms with Crippen molar-refractivity contribution in [3.05, 3.63) is 52.2 Å². The lowest BCUT2D eigenvalue weighted by Gasteiger charge is -2.22. The minimum atomic E-state index is -1.01. The van der Waals surface area contributed by atoms with Crippen molar-refractivity contribution in [2.75, 3.05) is 18.1 Å². The van der Waals surface area contributed by atoms with Crippen molar-refractivity contribution in [2.24, 2.45) is 0 Å². The number of nitrogens with zero attached hydrogens (tertiary/aromatic N) is 1. The van der Waals surface area contributed by atoms with E-state index in [9.17, 15) is 9.59 Å². The van der Waals surface area contributed by atoms with Gasteiger partial charge < -0.3 is 15.1 Å². The summed E-state index contributed by atoms with van der Waals surface area (Å²) in [5, 5.41) is 21.8. The van der Waals surface area contributed by atoms with Gasteiger partial charge in [0.2, 0.25) is 5.91 Å². The molecule has 1 aromatic heterocycles. The largest absolute Gasteiger partial charge is 0.478 e. The van der Waals surface area contributed by atoms with Gasteiger partial charge in [0.05, 0.1) is 18.6 Å². The fraction of sp³-hybridized carbons (Fsp3) is 0.200. The van der Waals surface area contributed by atoms with Gasteiger partial charge in [-0.15, -0.1) is 0 Å². The van der Waals surface area contributed by atoms with Crippen molar-refractivity contribution in [1.29, 1.82) is 0 Å². The Morgan fingerprint density at radius 2 is 1.86 bits per heavy atom. The third-order valence-electron chi connectivity index (χ3n) is 2.99. The highest BCUT2D eigenvalue weighted by molar-refractivity contribution is 7.08. The average Bonchev–Trinajstić information content (AvgIpc) is 2.97. The summed E-state index contributed by atoms with van der Waals surface area (Å²) in [5.41, 5.74) is 1.66. The topological polar surface area (TPSA) is 77.8 Å². The summed E-state index contributed by atoms with van der Waals surface area (Å²) in [5.74, 6) is -1.15. The minimum Gasteiger partial charge on any atom is -0.478 e. The fourth-order valence-corrected chi connectivity index (χ4v) is 2.61. The quantitative estimate of drug-likeness (QED) is 0.856. The van der Waals surface area contributed by atoms with Gasteiger partial charge in [0.25, 0.3) is 0 Å². The summed E-state index contributed by atoms with van der Waals surface area (Å²) in [6.07, 6.45) is 0.254. The zero-order valence-corrected chi connectivity index (χ0v) is 12.0. The number of carbonyl (C=O) groups is 2. The molecule has 0 radical (unpaired) electrons. The Labute approximate surface area is 126 Å². The molecule has 0 atom stereocenters. The van der Waals surface area contributed by atoms with E-state index in [0.29, 0.717) is 5.69 Å². The van der Waals surface area contributed by atoms with Crippen molar-refractivity contribution in [3.63, 3.8) is 0 Å². The number of carboxylic acids is 1. The first-order valence-corrected chi connectivity index (χ1v) is 7.31. The van der Waals surface area contributed by atoms with Gasteiger partial charge in [-0.25, -0.2) is 4.79 Å². The number of carboxylic acid groups (broad SMARTS) is 1. The molecule has 1 amide bonds. The van der Waals surface area contributed by atoms with Crippen molar-refractivity contribution in [1.82, 2.24) is 0 Å². The second-order valence-electron chi connectivity index (χ2n) is 4.43. The van der Waals surface area contributed by atoms with Crippen molar-refractivity contribution in [2.45, 2.75) is 6.42 Å². The smallest absolute Gasteiger partial charge is 0.335 e. The normalized spacial score (nSPS) is 10.3. The second kappa shape index (κ2) is 7.01. The molecule has 2 N–H and O–H groups in total. The minimum absolute atomic E-state index is 0.134. The second-order valence-corrected chi connectivity index (χ2v) is 5.21. The number of anilines is 1. The molecule has 0 bridgehead atoms. The van der Waals surface area contributed by atoms with Gasteiger partial charge in [0.15, 0.2) is 0 Å². The van der Waals surface area contributed by atoms with E-state index in [1.165, 1.54) is 28.4 Å². The number of hydrogen-bond donors (Lipinski definition) is 2. The number of thiophene rings is 1. The van der Waals surface area contributed by atoms with E-state index in [-0.39, 0.29) is 31.0 Å². The molecule has 110 valence electrons. The molecule has 0 unspecified atom stereocenters. The predicted octanol–water partition coefficient (Wildman–Crippen LogP) is 2.01. The van der Waals surface area contributed by atoms with Gasteiger partial charge in [0, 0.05) is 12.2 Å². The monoisotopic (exact) mass is 305 g/mol. The van der Waals surface area contributed by atoms with Crippen LogP contribution in [0, 0.1) is 0 Å². The Bertz CT molecular complexity index is 607. The molecule has 6 heteroatoms. The maximum atomic E-state index is 12.3. The lowest BCUT2D eigenvalue weighted by molar-refractivity contribution is -0.118. The van der Waals surface area contributed by atoms with Crippen LogP contribution in [0.5, 0.6) is 0 Å². The Balaban J connectivity index is 2.17. The van der Waals surface area contributed by atoms with Gasteiger partial charge in [-0.3, -0.25) is 4.79 Å². The SMILES string of the molecule is O=C(O)c1ccc(N(CCO)C(=O)Cc2ccsc2)cc1. The summed E-state index contributed by atoms with van der Waals surface area (Å²) in [4.78, 5) is 24.6. The van der Waals surface area contributed by atoms with Crippen LogP contribution in [0.4, 0.5) is 5.69 Å². The van der Waals surface area contributed by atoms with Crippen molar-refractivity contribution >= 4 is 28.9 Å². The molecule has 21 heavy (non-hydrogen) atoms. The van der Waals surface area contributed by atoms with Crippen molar-refractivity contribution < 1.29 is 19.8 Å². The van der Waals surface area contributed by atoms with Gasteiger partial charge >= 0.3 is 5.97 Å². The Hall–Kier alpha value is -2.18. The molecule has 1 aromatic carbocycles. The van der Waals surface area contributed by atoms with E-state index < -0.39 is 5.97 Å². The lowest BCUT2D eigenvalue weighted by atomic mass is 10.1. The predicted molar refractivity (Wildman–Crippen MR) is 80.9 cm³/mol. The standard InChI is InChI=1S/C15H15NO4S/c17-7-6-16(14(18)9-11-5-8-21-10-11)13-3-1-12(2-4-13)15(19)20/h1-5,8,10,17H,6-7,9H2,(H,19,20). The number of hydrogen-bond acceptors (Lipinski definition) is 4. The molecule has 2 aromatic rings. The Morgan fingerprint density at radius 3 is 2.38 bits per heavy atom. The number of carbonyl (C=O) groups excluding carboxylic acids is 1. The van der Waals surface area contributed by atoms with Crippen LogP contribution < -0.4 is 4.90 Å². The first kappa shape index (κ1) is 15.2. The summed E-state index contributed by atoms with van der Waals surface area (Å²) in [7, 11) is 0. The van der Waals surface area contributed by atoms with Crippen LogP contribution in [0.15, 0.2) is 41.1 Å². The molecular weight excluding hydrogens is 290 g/mol. The van der Waals surface area contributed by atoms with Gasteiger partial charge in [-0.1, -0.05) is 0 Å². The zero-order chi connectivity index (χ0) is 15.2. The molecule has 0 saturated carbocycles. The van der Waals surface area contributed by atoms with Crippen LogP contribution in [0.1, 0.15) is 15.9 Å². The third-order valence-corrected chi connectivity index (χ3v) is 3.72. The maximum Gasteiger partial charge on any atom is 0.335 e. The Kier molecular flexibility index (Phi) is 5.08. The van der Waals surface area contributed by atoms with Crippen LogP contribution in [0.3, 0.4) is 0 Å². The zero-order valence-electron chi connectivity index (χ0n) is 11.2. The number of aliphatic hydroxyl groups excluding tert-OH is 1.